The molecular weight excluding hydrogens is 302 g/mol. The second kappa shape index (κ2) is 7.30. The Morgan fingerprint density at radius 3 is 2.83 bits per heavy atom. The van der Waals surface area contributed by atoms with Gasteiger partial charge in [0.2, 0.25) is 5.91 Å². The molecule has 0 radical (unpaired) electrons. The Bertz CT molecular complexity index is 650. The van der Waals surface area contributed by atoms with Crippen molar-refractivity contribution in [1.29, 1.82) is 0 Å². The minimum atomic E-state index is -0.546. The maximum atomic E-state index is 11.8. The summed E-state index contributed by atoms with van der Waals surface area (Å²) in [5, 5.41) is 2.56. The fourth-order valence-electron chi connectivity index (χ4n) is 2.38. The standard InChI is InChI=1S/C16H21NO6/c1-9(12-8-13(21-3)10(2)15(19)23-12)6-7-22-16(20)11-4-5-14(18)17-11/h8-9,11H,4-7H2,1-3H3,(H,17,18)/t9-,11-/m1/s1. The van der Waals surface area contributed by atoms with E-state index in [1.54, 1.807) is 13.0 Å². The molecule has 0 bridgehead atoms. The molecule has 1 aromatic heterocycles. The number of hydrogen-bond acceptors (Lipinski definition) is 6. The molecule has 1 aromatic rings. The number of methoxy groups -OCH3 is 1. The first-order chi connectivity index (χ1) is 10.9. The van der Waals surface area contributed by atoms with Gasteiger partial charge in [0, 0.05) is 18.4 Å². The second-order valence-corrected chi connectivity index (χ2v) is 5.65. The molecule has 1 amide bonds. The van der Waals surface area contributed by atoms with Crippen molar-refractivity contribution in [1.82, 2.24) is 5.32 Å². The maximum absolute atomic E-state index is 11.8. The average Bonchev–Trinajstić information content (AvgIpc) is 2.96. The van der Waals surface area contributed by atoms with Crippen LogP contribution in [-0.4, -0.2) is 31.6 Å². The van der Waals surface area contributed by atoms with Crippen molar-refractivity contribution in [3.63, 3.8) is 0 Å². The van der Waals surface area contributed by atoms with Gasteiger partial charge < -0.3 is 19.2 Å². The van der Waals surface area contributed by atoms with Crippen molar-refractivity contribution in [2.75, 3.05) is 13.7 Å². The Morgan fingerprint density at radius 2 is 2.22 bits per heavy atom. The Labute approximate surface area is 134 Å². The lowest BCUT2D eigenvalue weighted by Crippen LogP contribution is -2.34. The van der Waals surface area contributed by atoms with Crippen molar-refractivity contribution in [2.24, 2.45) is 0 Å². The molecule has 0 aliphatic carbocycles. The molecule has 0 unspecified atom stereocenters. The molecule has 2 rings (SSSR count). The number of amides is 1. The fraction of sp³-hybridized carbons (Fsp3) is 0.562. The van der Waals surface area contributed by atoms with Gasteiger partial charge in [0.1, 0.15) is 17.6 Å². The van der Waals surface area contributed by atoms with Crippen LogP contribution in [0.25, 0.3) is 0 Å². The normalized spacial score (nSPS) is 18.4. The number of carbonyl (C=O) groups excluding carboxylic acids is 2. The number of nitrogens with one attached hydrogen (secondary N) is 1. The highest BCUT2D eigenvalue weighted by atomic mass is 16.5. The van der Waals surface area contributed by atoms with E-state index >= 15 is 0 Å². The smallest absolute Gasteiger partial charge is 0.342 e. The Morgan fingerprint density at radius 1 is 1.48 bits per heavy atom. The minimum Gasteiger partial charge on any atom is -0.496 e. The Kier molecular flexibility index (Phi) is 5.41. The zero-order valence-electron chi connectivity index (χ0n) is 13.5. The van der Waals surface area contributed by atoms with Gasteiger partial charge in [0.15, 0.2) is 0 Å². The van der Waals surface area contributed by atoms with Crippen molar-refractivity contribution in [2.45, 2.75) is 45.1 Å². The summed E-state index contributed by atoms with van der Waals surface area (Å²) in [6.07, 6.45) is 1.32. The molecular formula is C16H21NO6. The van der Waals surface area contributed by atoms with Crippen LogP contribution in [0.15, 0.2) is 15.3 Å². The molecule has 7 heteroatoms. The Balaban J connectivity index is 1.89. The molecule has 1 N–H and O–H groups in total. The van der Waals surface area contributed by atoms with Gasteiger partial charge in [-0.2, -0.15) is 0 Å². The first-order valence-corrected chi connectivity index (χ1v) is 7.57. The van der Waals surface area contributed by atoms with Crippen LogP contribution >= 0.6 is 0 Å². The summed E-state index contributed by atoms with van der Waals surface area (Å²) < 4.78 is 15.6. The highest BCUT2D eigenvalue weighted by molar-refractivity contribution is 5.88. The molecule has 0 aromatic carbocycles. The molecule has 0 spiro atoms. The lowest BCUT2D eigenvalue weighted by molar-refractivity contribution is -0.146. The van der Waals surface area contributed by atoms with E-state index in [9.17, 15) is 14.4 Å². The van der Waals surface area contributed by atoms with Crippen LogP contribution in [0, 0.1) is 6.92 Å². The first kappa shape index (κ1) is 17.1. The summed E-state index contributed by atoms with van der Waals surface area (Å²) >= 11 is 0. The van der Waals surface area contributed by atoms with Gasteiger partial charge in [0.25, 0.3) is 0 Å². The summed E-state index contributed by atoms with van der Waals surface area (Å²) in [5.74, 6) is 0.305. The van der Waals surface area contributed by atoms with E-state index in [2.05, 4.69) is 5.32 Å². The van der Waals surface area contributed by atoms with Crippen LogP contribution in [0.4, 0.5) is 0 Å². The summed E-state index contributed by atoms with van der Waals surface area (Å²) in [4.78, 5) is 34.6. The minimum absolute atomic E-state index is 0.108. The van der Waals surface area contributed by atoms with Gasteiger partial charge >= 0.3 is 11.6 Å². The lowest BCUT2D eigenvalue weighted by Gasteiger charge is -2.14. The molecule has 1 aliphatic heterocycles. The third kappa shape index (κ3) is 4.12. The van der Waals surface area contributed by atoms with Gasteiger partial charge in [-0.05, 0) is 19.8 Å². The van der Waals surface area contributed by atoms with Gasteiger partial charge in [-0.1, -0.05) is 6.92 Å². The van der Waals surface area contributed by atoms with Crippen LogP contribution in [0.3, 0.4) is 0 Å². The first-order valence-electron chi connectivity index (χ1n) is 7.57. The molecule has 7 nitrogen and oxygen atoms in total. The average molecular weight is 323 g/mol. The zero-order valence-corrected chi connectivity index (χ0v) is 13.5. The van der Waals surface area contributed by atoms with E-state index in [4.69, 9.17) is 13.9 Å². The molecule has 126 valence electrons. The number of ether oxygens (including phenoxy) is 2. The van der Waals surface area contributed by atoms with E-state index in [-0.39, 0.29) is 18.4 Å². The van der Waals surface area contributed by atoms with E-state index < -0.39 is 17.6 Å². The van der Waals surface area contributed by atoms with Gasteiger partial charge in [-0.3, -0.25) is 4.79 Å². The molecule has 1 fully saturated rings. The number of carbonyl (C=O) groups is 2. The predicted molar refractivity (Wildman–Crippen MR) is 81.4 cm³/mol. The SMILES string of the molecule is COc1cc([C@H](C)CCOC(=O)[C@H]2CCC(=O)N2)oc(=O)c1C. The molecule has 23 heavy (non-hydrogen) atoms. The number of rotatable bonds is 6. The van der Waals surface area contributed by atoms with E-state index in [0.29, 0.717) is 36.3 Å². The van der Waals surface area contributed by atoms with Crippen LogP contribution in [-0.2, 0) is 14.3 Å². The highest BCUT2D eigenvalue weighted by Crippen LogP contribution is 2.23. The topological polar surface area (TPSA) is 94.8 Å². The zero-order chi connectivity index (χ0) is 17.0. The highest BCUT2D eigenvalue weighted by Gasteiger charge is 2.28. The van der Waals surface area contributed by atoms with E-state index in [1.165, 1.54) is 7.11 Å². The number of hydrogen-bond donors (Lipinski definition) is 1. The largest absolute Gasteiger partial charge is 0.496 e. The quantitative estimate of drug-likeness (QED) is 0.792. The number of esters is 1. The summed E-state index contributed by atoms with van der Waals surface area (Å²) in [7, 11) is 1.49. The lowest BCUT2D eigenvalue weighted by atomic mass is 10.0. The van der Waals surface area contributed by atoms with Crippen LogP contribution < -0.4 is 15.7 Å². The monoisotopic (exact) mass is 323 g/mol. The molecule has 2 heterocycles. The van der Waals surface area contributed by atoms with Crippen LogP contribution in [0.1, 0.15) is 43.4 Å². The van der Waals surface area contributed by atoms with Gasteiger partial charge in [0.05, 0.1) is 19.3 Å². The van der Waals surface area contributed by atoms with Crippen LogP contribution in [0.5, 0.6) is 5.75 Å². The van der Waals surface area contributed by atoms with E-state index in [0.717, 1.165) is 0 Å². The van der Waals surface area contributed by atoms with Crippen molar-refractivity contribution >= 4 is 11.9 Å². The van der Waals surface area contributed by atoms with Crippen LogP contribution in [0.2, 0.25) is 0 Å². The van der Waals surface area contributed by atoms with Crippen molar-refractivity contribution < 1.29 is 23.5 Å². The third-order valence-electron chi connectivity index (χ3n) is 3.94. The van der Waals surface area contributed by atoms with Gasteiger partial charge in [-0.15, -0.1) is 0 Å². The molecule has 1 saturated heterocycles. The third-order valence-corrected chi connectivity index (χ3v) is 3.94. The predicted octanol–water partition coefficient (Wildman–Crippen LogP) is 1.27. The Hall–Kier alpha value is -2.31. The van der Waals surface area contributed by atoms with Gasteiger partial charge in [-0.25, -0.2) is 9.59 Å². The van der Waals surface area contributed by atoms with Crippen molar-refractivity contribution in [3.05, 3.63) is 27.8 Å². The summed E-state index contributed by atoms with van der Waals surface area (Å²) in [6.45, 7) is 3.70. The summed E-state index contributed by atoms with van der Waals surface area (Å²) in [6, 6.07) is 1.13. The van der Waals surface area contributed by atoms with E-state index in [1.807, 2.05) is 6.92 Å². The maximum Gasteiger partial charge on any atom is 0.342 e. The fourth-order valence-corrected chi connectivity index (χ4v) is 2.38. The second-order valence-electron chi connectivity index (χ2n) is 5.65. The summed E-state index contributed by atoms with van der Waals surface area (Å²) in [5.41, 5.74) is -0.0104. The molecule has 2 atom stereocenters. The molecule has 1 aliphatic rings. The van der Waals surface area contributed by atoms with Crippen molar-refractivity contribution in [3.8, 4) is 5.75 Å². The molecule has 0 saturated carbocycles.